The topological polar surface area (TPSA) is 127 Å². The highest BCUT2D eigenvalue weighted by molar-refractivity contribution is 7.09. The summed E-state index contributed by atoms with van der Waals surface area (Å²) in [6, 6.07) is 0.445. The maximum Gasteiger partial charge on any atom is 0.490 e. The predicted molar refractivity (Wildman–Crippen MR) is 119 cm³/mol. The summed E-state index contributed by atoms with van der Waals surface area (Å²) in [5.41, 5.74) is 2.30. The first-order valence-electron chi connectivity index (χ1n) is 11.0. The maximum atomic E-state index is 10.6. The third kappa shape index (κ3) is 9.85. The zero-order valence-corrected chi connectivity index (χ0v) is 21.0. The number of fused-ring (bicyclic) bond motifs is 1. The van der Waals surface area contributed by atoms with Crippen molar-refractivity contribution in [3.8, 4) is 0 Å². The number of aryl methyl sites for hydroxylation is 2. The summed E-state index contributed by atoms with van der Waals surface area (Å²) in [6.45, 7) is 5.31. The molecule has 2 aliphatic rings. The molecule has 2 fully saturated rings. The summed E-state index contributed by atoms with van der Waals surface area (Å²) >= 11 is 1.67. The quantitative estimate of drug-likeness (QED) is 0.515. The van der Waals surface area contributed by atoms with Crippen LogP contribution in [0.2, 0.25) is 0 Å². The minimum absolute atomic E-state index is 0.175. The van der Waals surface area contributed by atoms with Crippen LogP contribution in [0.15, 0.2) is 17.8 Å². The Balaban J connectivity index is 0.000000301. The third-order valence-corrected chi connectivity index (χ3v) is 6.21. The number of hydrogen-bond acceptors (Lipinski definition) is 8. The van der Waals surface area contributed by atoms with Crippen LogP contribution in [0.25, 0.3) is 0 Å². The van der Waals surface area contributed by atoms with Crippen molar-refractivity contribution in [2.45, 2.75) is 63.5 Å². The minimum Gasteiger partial charge on any atom is -0.475 e. The normalized spacial score (nSPS) is 21.5. The van der Waals surface area contributed by atoms with Crippen molar-refractivity contribution in [3.63, 3.8) is 0 Å². The van der Waals surface area contributed by atoms with Crippen LogP contribution >= 0.6 is 11.3 Å². The molecular weight excluding hydrogens is 550 g/mol. The molecule has 214 valence electrons. The molecule has 0 aromatic carbocycles. The van der Waals surface area contributed by atoms with Crippen LogP contribution in [-0.2, 0) is 39.3 Å². The van der Waals surface area contributed by atoms with Gasteiger partial charge in [-0.2, -0.15) is 31.4 Å². The zero-order chi connectivity index (χ0) is 28.7. The van der Waals surface area contributed by atoms with Crippen molar-refractivity contribution in [3.05, 3.63) is 34.0 Å². The molecule has 3 atom stereocenters. The molecule has 1 aliphatic carbocycles. The van der Waals surface area contributed by atoms with Crippen LogP contribution in [0.1, 0.15) is 29.1 Å². The summed E-state index contributed by atoms with van der Waals surface area (Å²) in [7, 11) is 1.96. The van der Waals surface area contributed by atoms with Crippen LogP contribution in [-0.4, -0.2) is 85.6 Å². The number of carbonyl (C=O) groups is 2. The van der Waals surface area contributed by atoms with Gasteiger partial charge in [0.1, 0.15) is 0 Å². The number of nitrogens with zero attached hydrogens (tertiary/aromatic N) is 4. The molecule has 1 saturated carbocycles. The van der Waals surface area contributed by atoms with Gasteiger partial charge in [0.05, 0.1) is 42.3 Å². The summed E-state index contributed by atoms with van der Waals surface area (Å²) in [5, 5.41) is 21.7. The fourth-order valence-electron chi connectivity index (χ4n) is 3.82. The monoisotopic (exact) mass is 576 g/mol. The smallest absolute Gasteiger partial charge is 0.475 e. The first-order valence-corrected chi connectivity index (χ1v) is 11.9. The lowest BCUT2D eigenvalue weighted by molar-refractivity contribution is -0.193. The molecule has 0 radical (unpaired) electrons. The van der Waals surface area contributed by atoms with Crippen molar-refractivity contribution in [1.82, 2.24) is 19.7 Å². The molecule has 2 aromatic rings. The molecule has 4 rings (SSSR count). The number of morpholine rings is 1. The fourth-order valence-corrected chi connectivity index (χ4v) is 4.42. The van der Waals surface area contributed by atoms with E-state index < -0.39 is 24.3 Å². The zero-order valence-electron chi connectivity index (χ0n) is 20.2. The summed E-state index contributed by atoms with van der Waals surface area (Å²) < 4.78 is 77.6. The van der Waals surface area contributed by atoms with Gasteiger partial charge < -0.3 is 19.7 Å². The lowest BCUT2D eigenvalue weighted by Gasteiger charge is -2.38. The van der Waals surface area contributed by atoms with E-state index >= 15 is 0 Å². The standard InChI is InChI=1S/C17H24N4O2S.2C2HF3O2/c1-12-19-14(11-24-12)10-23-16-4-3-15-17(16)22-6-5-21(15)9-13-7-18-20(2)8-13;2*3-2(4,5)1(6)7/h7-8,11,15-17H,3-6,9-10H2,1-2H3;2*(H,6,7)/t15-,16+,17+;;/m0../s1. The average molecular weight is 577 g/mol. The highest BCUT2D eigenvalue weighted by Gasteiger charge is 2.43. The number of carboxylic acids is 2. The number of ether oxygens (including phenoxy) is 2. The van der Waals surface area contributed by atoms with Crippen LogP contribution in [0.4, 0.5) is 26.3 Å². The number of carboxylic acid groups (broad SMARTS) is 2. The molecule has 2 N–H and O–H groups in total. The Bertz CT molecular complexity index is 1040. The highest BCUT2D eigenvalue weighted by atomic mass is 32.1. The second-order valence-corrected chi connectivity index (χ2v) is 9.35. The Morgan fingerprint density at radius 1 is 1.16 bits per heavy atom. The molecular formula is C21H26F6N4O6S. The highest BCUT2D eigenvalue weighted by Crippen LogP contribution is 2.33. The minimum atomic E-state index is -5.08. The Morgan fingerprint density at radius 2 is 1.76 bits per heavy atom. The van der Waals surface area contributed by atoms with Gasteiger partial charge in [-0.1, -0.05) is 0 Å². The molecule has 3 heterocycles. The Morgan fingerprint density at radius 3 is 2.24 bits per heavy atom. The summed E-state index contributed by atoms with van der Waals surface area (Å²) in [5.74, 6) is -5.51. The number of rotatable bonds is 5. The molecule has 0 amide bonds. The van der Waals surface area contributed by atoms with Crippen LogP contribution in [0.3, 0.4) is 0 Å². The van der Waals surface area contributed by atoms with E-state index in [1.165, 1.54) is 5.56 Å². The van der Waals surface area contributed by atoms with E-state index in [0.717, 1.165) is 43.2 Å². The maximum absolute atomic E-state index is 10.6. The van der Waals surface area contributed by atoms with Crippen molar-refractivity contribution < 1.29 is 55.6 Å². The van der Waals surface area contributed by atoms with E-state index in [4.69, 9.17) is 29.3 Å². The molecule has 0 unspecified atom stereocenters. The van der Waals surface area contributed by atoms with E-state index in [1.807, 2.05) is 24.9 Å². The van der Waals surface area contributed by atoms with Gasteiger partial charge in [0.25, 0.3) is 0 Å². The number of thiazole rings is 1. The van der Waals surface area contributed by atoms with Crippen LogP contribution in [0, 0.1) is 6.92 Å². The Kier molecular flexibility index (Phi) is 11.0. The van der Waals surface area contributed by atoms with Crippen molar-refractivity contribution in [1.29, 1.82) is 0 Å². The van der Waals surface area contributed by atoms with Gasteiger partial charge in [-0.15, -0.1) is 11.3 Å². The van der Waals surface area contributed by atoms with Gasteiger partial charge in [0.2, 0.25) is 0 Å². The molecule has 1 aliphatic heterocycles. The van der Waals surface area contributed by atoms with E-state index in [2.05, 4.69) is 26.6 Å². The summed E-state index contributed by atoms with van der Waals surface area (Å²) in [6.07, 6.45) is -3.58. The van der Waals surface area contributed by atoms with Gasteiger partial charge in [-0.3, -0.25) is 9.58 Å². The number of hydrogen-bond donors (Lipinski definition) is 2. The molecule has 1 saturated heterocycles. The van der Waals surface area contributed by atoms with E-state index in [9.17, 15) is 26.3 Å². The van der Waals surface area contributed by atoms with E-state index in [1.54, 1.807) is 11.3 Å². The third-order valence-electron chi connectivity index (χ3n) is 5.39. The summed E-state index contributed by atoms with van der Waals surface area (Å²) in [4.78, 5) is 24.8. The number of halogens is 6. The number of aliphatic carboxylic acids is 2. The van der Waals surface area contributed by atoms with Crippen LogP contribution in [0.5, 0.6) is 0 Å². The average Bonchev–Trinajstić information content (AvgIpc) is 3.52. The molecule has 17 heteroatoms. The van der Waals surface area contributed by atoms with Crippen LogP contribution < -0.4 is 0 Å². The second kappa shape index (κ2) is 13.3. The first-order chi connectivity index (χ1) is 17.6. The number of alkyl halides is 6. The Labute approximate surface area is 216 Å². The molecule has 10 nitrogen and oxygen atoms in total. The van der Waals surface area contributed by atoms with Gasteiger partial charge in [0.15, 0.2) is 0 Å². The van der Waals surface area contributed by atoms with E-state index in [-0.39, 0.29) is 12.2 Å². The van der Waals surface area contributed by atoms with Gasteiger partial charge in [-0.05, 0) is 19.8 Å². The van der Waals surface area contributed by atoms with E-state index in [0.29, 0.717) is 12.6 Å². The van der Waals surface area contributed by atoms with Crippen molar-refractivity contribution in [2.75, 3.05) is 13.2 Å². The fraction of sp³-hybridized carbons (Fsp3) is 0.619. The van der Waals surface area contributed by atoms with Gasteiger partial charge in [-0.25, -0.2) is 14.6 Å². The molecule has 0 bridgehead atoms. The largest absolute Gasteiger partial charge is 0.490 e. The Hall–Kier alpha value is -2.76. The van der Waals surface area contributed by atoms with Crippen molar-refractivity contribution >= 4 is 23.3 Å². The van der Waals surface area contributed by atoms with Gasteiger partial charge >= 0.3 is 24.3 Å². The molecule has 2 aromatic heterocycles. The lowest BCUT2D eigenvalue weighted by Crippen LogP contribution is -2.51. The van der Waals surface area contributed by atoms with Gasteiger partial charge in [0, 0.05) is 43.3 Å². The second-order valence-electron chi connectivity index (χ2n) is 8.29. The number of aromatic nitrogens is 3. The molecule has 38 heavy (non-hydrogen) atoms. The van der Waals surface area contributed by atoms with Crippen molar-refractivity contribution in [2.24, 2.45) is 7.05 Å². The SMILES string of the molecule is Cc1nc(CO[C@@H]2CC[C@H]3[C@H]2OCCN3Cc2cnn(C)c2)cs1.O=C(O)C(F)(F)F.O=C(O)C(F)(F)F. The predicted octanol–water partition coefficient (Wildman–Crippen LogP) is 3.40. The molecule has 0 spiro atoms. The first kappa shape index (κ1) is 31.5. The lowest BCUT2D eigenvalue weighted by atomic mass is 10.1.